The Morgan fingerprint density at radius 1 is 1.12 bits per heavy atom. The van der Waals surface area contributed by atoms with Crippen molar-refractivity contribution in [2.75, 3.05) is 7.11 Å². The maximum atomic E-state index is 12.2. The largest absolute Gasteiger partial charge is 0.481 e. The number of pyridine rings is 1. The molecule has 124 valence electrons. The van der Waals surface area contributed by atoms with Crippen molar-refractivity contribution in [1.82, 2.24) is 9.88 Å². The molecule has 0 radical (unpaired) electrons. The van der Waals surface area contributed by atoms with Crippen LogP contribution in [0.15, 0.2) is 60.3 Å². The summed E-state index contributed by atoms with van der Waals surface area (Å²) >= 11 is 0. The lowest BCUT2D eigenvalue weighted by Crippen LogP contribution is -2.22. The number of benzene rings is 1. The van der Waals surface area contributed by atoms with E-state index >= 15 is 0 Å². The first kappa shape index (κ1) is 16.2. The van der Waals surface area contributed by atoms with Crippen LogP contribution in [-0.2, 0) is 17.8 Å². The molecule has 0 atom stereocenters. The summed E-state index contributed by atoms with van der Waals surface area (Å²) in [4.78, 5) is 18.5. The Morgan fingerprint density at radius 3 is 2.75 bits per heavy atom. The Morgan fingerprint density at radius 2 is 1.96 bits per heavy atom. The number of nitrogens with zero attached hydrogens (tertiary/aromatic N) is 2. The van der Waals surface area contributed by atoms with E-state index < -0.39 is 0 Å². The Bertz CT molecular complexity index is 725. The van der Waals surface area contributed by atoms with Crippen LogP contribution in [0, 0.1) is 0 Å². The van der Waals surface area contributed by atoms with Crippen molar-refractivity contribution in [3.63, 3.8) is 0 Å². The van der Waals surface area contributed by atoms with Gasteiger partial charge in [-0.05, 0) is 30.9 Å². The van der Waals surface area contributed by atoms with E-state index in [1.165, 1.54) is 0 Å². The average Bonchev–Trinajstić information content (AvgIpc) is 2.96. The third kappa shape index (κ3) is 4.02. The Balaban J connectivity index is 1.63. The SMILES string of the molecule is COc1cccc(CC/C=C2\CCC(=O)N2Cc2ccccc2)n1. The summed E-state index contributed by atoms with van der Waals surface area (Å²) in [5.74, 6) is 0.853. The molecular weight excluding hydrogens is 300 g/mol. The summed E-state index contributed by atoms with van der Waals surface area (Å²) in [6, 6.07) is 15.9. The minimum Gasteiger partial charge on any atom is -0.481 e. The highest BCUT2D eigenvalue weighted by atomic mass is 16.5. The molecule has 2 heterocycles. The van der Waals surface area contributed by atoms with Crippen molar-refractivity contribution in [2.24, 2.45) is 0 Å². The molecule has 24 heavy (non-hydrogen) atoms. The van der Waals surface area contributed by atoms with Gasteiger partial charge in [-0.15, -0.1) is 0 Å². The highest BCUT2D eigenvalue weighted by molar-refractivity contribution is 5.81. The second-order valence-electron chi connectivity index (χ2n) is 5.87. The first-order chi connectivity index (χ1) is 11.8. The fourth-order valence-electron chi connectivity index (χ4n) is 2.93. The van der Waals surface area contributed by atoms with Crippen molar-refractivity contribution in [1.29, 1.82) is 0 Å². The van der Waals surface area contributed by atoms with E-state index in [1.807, 2.05) is 41.3 Å². The molecule has 1 amide bonds. The molecule has 1 aliphatic heterocycles. The van der Waals surface area contributed by atoms with Gasteiger partial charge in [0.05, 0.1) is 13.7 Å². The molecule has 1 aromatic carbocycles. The first-order valence-electron chi connectivity index (χ1n) is 8.29. The predicted molar refractivity (Wildman–Crippen MR) is 93.4 cm³/mol. The van der Waals surface area contributed by atoms with Crippen LogP contribution in [0.4, 0.5) is 0 Å². The molecule has 0 saturated carbocycles. The Kier molecular flexibility index (Phi) is 5.26. The van der Waals surface area contributed by atoms with Crippen molar-refractivity contribution < 1.29 is 9.53 Å². The summed E-state index contributed by atoms with van der Waals surface area (Å²) in [5, 5.41) is 0. The minimum atomic E-state index is 0.213. The average molecular weight is 322 g/mol. The number of carbonyl (C=O) groups is 1. The molecule has 4 nitrogen and oxygen atoms in total. The van der Waals surface area contributed by atoms with Gasteiger partial charge in [0.25, 0.3) is 0 Å². The Hall–Kier alpha value is -2.62. The van der Waals surface area contributed by atoms with Crippen LogP contribution in [0.3, 0.4) is 0 Å². The van der Waals surface area contributed by atoms with Gasteiger partial charge in [-0.3, -0.25) is 4.79 Å². The molecule has 1 aliphatic rings. The zero-order chi connectivity index (χ0) is 16.8. The summed E-state index contributed by atoms with van der Waals surface area (Å²) < 4.78 is 5.15. The summed E-state index contributed by atoms with van der Waals surface area (Å²) in [5.41, 5.74) is 3.30. The van der Waals surface area contributed by atoms with Crippen LogP contribution in [0.2, 0.25) is 0 Å². The number of likely N-dealkylation sites (tertiary alicyclic amines) is 1. The van der Waals surface area contributed by atoms with Gasteiger partial charge in [-0.25, -0.2) is 4.98 Å². The lowest BCUT2D eigenvalue weighted by atomic mass is 10.1. The summed E-state index contributed by atoms with van der Waals surface area (Å²) in [6.45, 7) is 0.656. The number of hydrogen-bond acceptors (Lipinski definition) is 3. The number of aromatic nitrogens is 1. The maximum absolute atomic E-state index is 12.2. The predicted octanol–water partition coefficient (Wildman–Crippen LogP) is 3.73. The molecule has 1 saturated heterocycles. The zero-order valence-electron chi connectivity index (χ0n) is 13.9. The molecule has 3 rings (SSSR count). The molecule has 4 heteroatoms. The molecule has 2 aromatic rings. The van der Waals surface area contributed by atoms with Crippen LogP contribution < -0.4 is 4.74 Å². The van der Waals surface area contributed by atoms with E-state index in [2.05, 4.69) is 23.2 Å². The fraction of sp³-hybridized carbons (Fsp3) is 0.300. The van der Waals surface area contributed by atoms with Crippen LogP contribution in [-0.4, -0.2) is 22.9 Å². The van der Waals surface area contributed by atoms with Crippen molar-refractivity contribution in [3.05, 3.63) is 71.6 Å². The third-order valence-corrected chi connectivity index (χ3v) is 4.20. The van der Waals surface area contributed by atoms with Crippen LogP contribution in [0.25, 0.3) is 0 Å². The molecule has 0 spiro atoms. The molecule has 1 fully saturated rings. The smallest absolute Gasteiger partial charge is 0.227 e. The summed E-state index contributed by atoms with van der Waals surface area (Å²) in [7, 11) is 1.62. The number of methoxy groups -OCH3 is 1. The van der Waals surface area contributed by atoms with E-state index in [4.69, 9.17) is 4.74 Å². The standard InChI is InChI=1S/C20H22N2O2/c1-24-19-12-6-10-17(21-19)9-5-11-18-13-14-20(23)22(18)15-16-7-3-2-4-8-16/h2-4,6-8,10-12H,5,9,13-15H2,1H3/b18-11+. The molecule has 0 bridgehead atoms. The quantitative estimate of drug-likeness (QED) is 0.814. The van der Waals surface area contributed by atoms with Gasteiger partial charge in [-0.2, -0.15) is 0 Å². The molecule has 1 aromatic heterocycles. The van der Waals surface area contributed by atoms with Crippen molar-refractivity contribution in [3.8, 4) is 5.88 Å². The van der Waals surface area contributed by atoms with Gasteiger partial charge in [0.2, 0.25) is 11.8 Å². The number of amides is 1. The Labute approximate surface area is 142 Å². The minimum absolute atomic E-state index is 0.213. The number of hydrogen-bond donors (Lipinski definition) is 0. The van der Waals surface area contributed by atoms with Crippen LogP contribution >= 0.6 is 0 Å². The third-order valence-electron chi connectivity index (χ3n) is 4.20. The number of rotatable bonds is 6. The van der Waals surface area contributed by atoms with Gasteiger partial charge < -0.3 is 9.64 Å². The molecule has 0 unspecified atom stereocenters. The molecular formula is C20H22N2O2. The van der Waals surface area contributed by atoms with Crippen molar-refractivity contribution in [2.45, 2.75) is 32.2 Å². The van der Waals surface area contributed by atoms with E-state index in [-0.39, 0.29) is 5.91 Å². The van der Waals surface area contributed by atoms with E-state index in [0.29, 0.717) is 18.8 Å². The molecule has 0 aliphatic carbocycles. The number of allylic oxidation sites excluding steroid dienone is 2. The molecule has 0 N–H and O–H groups in total. The van der Waals surface area contributed by atoms with Crippen LogP contribution in [0.5, 0.6) is 5.88 Å². The van der Waals surface area contributed by atoms with Crippen molar-refractivity contribution >= 4 is 5.91 Å². The highest BCUT2D eigenvalue weighted by Gasteiger charge is 2.25. The van der Waals surface area contributed by atoms with Gasteiger partial charge >= 0.3 is 0 Å². The number of aryl methyl sites for hydroxylation is 1. The topological polar surface area (TPSA) is 42.4 Å². The number of carbonyl (C=O) groups excluding carboxylic acids is 1. The lowest BCUT2D eigenvalue weighted by Gasteiger charge is -2.18. The fourth-order valence-corrected chi connectivity index (χ4v) is 2.93. The van der Waals surface area contributed by atoms with Gasteiger partial charge in [0.15, 0.2) is 0 Å². The zero-order valence-corrected chi connectivity index (χ0v) is 13.9. The lowest BCUT2D eigenvalue weighted by molar-refractivity contribution is -0.127. The maximum Gasteiger partial charge on any atom is 0.227 e. The van der Waals surface area contributed by atoms with E-state index in [0.717, 1.165) is 36.2 Å². The van der Waals surface area contributed by atoms with Gasteiger partial charge in [0, 0.05) is 23.9 Å². The first-order valence-corrected chi connectivity index (χ1v) is 8.29. The van der Waals surface area contributed by atoms with E-state index in [9.17, 15) is 4.79 Å². The van der Waals surface area contributed by atoms with Gasteiger partial charge in [-0.1, -0.05) is 42.5 Å². The summed E-state index contributed by atoms with van der Waals surface area (Å²) in [6.07, 6.45) is 5.32. The second kappa shape index (κ2) is 7.77. The highest BCUT2D eigenvalue weighted by Crippen LogP contribution is 2.25. The van der Waals surface area contributed by atoms with E-state index in [1.54, 1.807) is 7.11 Å². The normalized spacial score (nSPS) is 16.0. The van der Waals surface area contributed by atoms with Crippen LogP contribution in [0.1, 0.15) is 30.5 Å². The number of ether oxygens (including phenoxy) is 1. The second-order valence-corrected chi connectivity index (χ2v) is 5.87. The van der Waals surface area contributed by atoms with Gasteiger partial charge in [0.1, 0.15) is 0 Å². The monoisotopic (exact) mass is 322 g/mol.